The van der Waals surface area contributed by atoms with Gasteiger partial charge in [0.15, 0.2) is 5.78 Å². The molecule has 1 fully saturated rings. The summed E-state index contributed by atoms with van der Waals surface area (Å²) in [5.74, 6) is -0.372. The number of nitrogens with zero attached hydrogens (tertiary/aromatic N) is 2. The summed E-state index contributed by atoms with van der Waals surface area (Å²) in [6.07, 6.45) is -1.68. The molecule has 0 spiro atoms. The smallest absolute Gasteiger partial charge is 0.490 e. The Labute approximate surface area is 234 Å². The highest BCUT2D eigenvalue weighted by Gasteiger charge is 2.41. The first kappa shape index (κ1) is 28.9. The van der Waals surface area contributed by atoms with Crippen molar-refractivity contribution in [1.29, 1.82) is 0 Å². The molecule has 2 N–H and O–H groups in total. The van der Waals surface area contributed by atoms with Gasteiger partial charge in [-0.1, -0.05) is 6.92 Å². The number of pyridine rings is 2. The predicted octanol–water partition coefficient (Wildman–Crippen LogP) is 5.70. The molecular weight excluding hydrogens is 542 g/mol. The molecule has 1 aliphatic heterocycles. The van der Waals surface area contributed by atoms with Gasteiger partial charge in [-0.05, 0) is 75.0 Å². The molecule has 11 heteroatoms. The third-order valence-corrected chi connectivity index (χ3v) is 7.59. The molecular formula is C30H31F4N3O4. The van der Waals surface area contributed by atoms with Gasteiger partial charge in [-0.3, -0.25) is 4.79 Å². The van der Waals surface area contributed by atoms with Crippen LogP contribution in [0.25, 0.3) is 11.3 Å². The zero-order chi connectivity index (χ0) is 29.4. The normalized spacial score (nSPS) is 19.8. The van der Waals surface area contributed by atoms with Crippen LogP contribution in [0.3, 0.4) is 0 Å². The number of fused-ring (bicyclic) bond motifs is 1. The molecule has 2 atom stereocenters. The number of nitrogens with one attached hydrogen (secondary N) is 1. The van der Waals surface area contributed by atoms with Crippen molar-refractivity contribution < 1.29 is 36.9 Å². The predicted molar refractivity (Wildman–Crippen MR) is 142 cm³/mol. The molecule has 0 bridgehead atoms. The van der Waals surface area contributed by atoms with E-state index in [-0.39, 0.29) is 18.4 Å². The summed E-state index contributed by atoms with van der Waals surface area (Å²) >= 11 is 0. The Hall–Kier alpha value is -3.57. The molecule has 2 aliphatic rings. The van der Waals surface area contributed by atoms with Gasteiger partial charge in [0.2, 0.25) is 5.88 Å². The number of alkyl halides is 3. The van der Waals surface area contributed by atoms with Crippen molar-refractivity contribution in [2.24, 2.45) is 5.92 Å². The molecule has 0 unspecified atom stereocenters. The Morgan fingerprint density at radius 2 is 1.93 bits per heavy atom. The zero-order valence-electron chi connectivity index (χ0n) is 22.7. The Balaban J connectivity index is 1.41. The Kier molecular flexibility index (Phi) is 7.78. The van der Waals surface area contributed by atoms with Crippen LogP contribution in [0.1, 0.15) is 61.1 Å². The molecule has 7 nitrogen and oxygen atoms in total. The fourth-order valence-corrected chi connectivity index (χ4v) is 4.92. The highest BCUT2D eigenvalue weighted by atomic mass is 19.4. The molecule has 0 radical (unpaired) electrons. The van der Waals surface area contributed by atoms with Crippen molar-refractivity contribution in [1.82, 2.24) is 15.3 Å². The first-order valence-corrected chi connectivity index (χ1v) is 13.5. The lowest BCUT2D eigenvalue weighted by Crippen LogP contribution is -2.38. The Bertz CT molecular complexity index is 1420. The molecule has 0 saturated heterocycles. The highest BCUT2D eigenvalue weighted by Crippen LogP contribution is 2.46. The summed E-state index contributed by atoms with van der Waals surface area (Å²) < 4.78 is 61.4. The number of hydrogen-bond acceptors (Lipinski definition) is 7. The number of carbonyl (C=O) groups is 1. The van der Waals surface area contributed by atoms with Crippen LogP contribution in [0.5, 0.6) is 11.6 Å². The minimum atomic E-state index is -4.94. The number of benzene rings is 1. The maximum Gasteiger partial charge on any atom is 0.574 e. The molecule has 1 saturated carbocycles. The van der Waals surface area contributed by atoms with E-state index >= 15 is 0 Å². The van der Waals surface area contributed by atoms with Crippen LogP contribution in [-0.4, -0.2) is 46.9 Å². The fourth-order valence-electron chi connectivity index (χ4n) is 4.92. The molecule has 5 rings (SSSR count). The van der Waals surface area contributed by atoms with E-state index in [1.807, 2.05) is 0 Å². The lowest BCUT2D eigenvalue weighted by atomic mass is 9.82. The van der Waals surface area contributed by atoms with E-state index in [0.717, 1.165) is 24.4 Å². The van der Waals surface area contributed by atoms with E-state index in [4.69, 9.17) is 9.72 Å². The summed E-state index contributed by atoms with van der Waals surface area (Å²) in [6, 6.07) is 9.83. The van der Waals surface area contributed by atoms with E-state index in [0.29, 0.717) is 41.8 Å². The average Bonchev–Trinajstić information content (AvgIpc) is 3.68. The van der Waals surface area contributed by atoms with Crippen molar-refractivity contribution >= 4 is 5.78 Å². The summed E-state index contributed by atoms with van der Waals surface area (Å²) in [4.78, 5) is 21.1. The van der Waals surface area contributed by atoms with E-state index in [1.165, 1.54) is 38.0 Å². The highest BCUT2D eigenvalue weighted by molar-refractivity contribution is 5.96. The average molecular weight is 574 g/mol. The fraction of sp³-hybridized carbons (Fsp3) is 0.433. The summed E-state index contributed by atoms with van der Waals surface area (Å²) in [5, 5.41) is 15.1. The summed E-state index contributed by atoms with van der Waals surface area (Å²) in [7, 11) is 0. The van der Waals surface area contributed by atoms with Gasteiger partial charge in [0.1, 0.15) is 22.9 Å². The number of aliphatic hydroxyl groups is 1. The molecule has 41 heavy (non-hydrogen) atoms. The number of carbonyl (C=O) groups excluding carboxylic acids is 1. The second-order valence-corrected chi connectivity index (χ2v) is 11.3. The van der Waals surface area contributed by atoms with Crippen molar-refractivity contribution in [2.45, 2.75) is 56.9 Å². The van der Waals surface area contributed by atoms with Crippen LogP contribution in [0.15, 0.2) is 48.7 Å². The first-order valence-electron chi connectivity index (χ1n) is 13.5. The van der Waals surface area contributed by atoms with Crippen molar-refractivity contribution in [2.75, 3.05) is 19.7 Å². The van der Waals surface area contributed by atoms with E-state index in [1.54, 1.807) is 18.2 Å². The van der Waals surface area contributed by atoms with Crippen LogP contribution in [-0.2, 0) is 11.0 Å². The van der Waals surface area contributed by atoms with Crippen LogP contribution in [0, 0.1) is 11.7 Å². The van der Waals surface area contributed by atoms with Crippen LogP contribution >= 0.6 is 0 Å². The summed E-state index contributed by atoms with van der Waals surface area (Å²) in [5.41, 5.74) is 0.195. The summed E-state index contributed by atoms with van der Waals surface area (Å²) in [6.45, 7) is 5.56. The van der Waals surface area contributed by atoms with E-state index in [2.05, 4.69) is 22.0 Å². The number of hydrogen-bond donors (Lipinski definition) is 2. The molecule has 2 aromatic heterocycles. The number of aromatic nitrogens is 2. The Morgan fingerprint density at radius 1 is 1.20 bits per heavy atom. The molecule has 218 valence electrons. The molecule has 3 aromatic rings. The second-order valence-electron chi connectivity index (χ2n) is 11.3. The quantitative estimate of drug-likeness (QED) is 0.225. The third-order valence-electron chi connectivity index (χ3n) is 7.59. The van der Waals surface area contributed by atoms with Gasteiger partial charge in [-0.2, -0.15) is 0 Å². The number of ketones is 1. The van der Waals surface area contributed by atoms with Crippen LogP contribution < -0.4 is 14.8 Å². The number of Topliss-reactive ketones (excluding diaryl/α,β-unsaturated/α-hetero) is 1. The van der Waals surface area contributed by atoms with Gasteiger partial charge in [0.05, 0.1) is 12.3 Å². The molecule has 3 heterocycles. The van der Waals surface area contributed by atoms with Crippen LogP contribution in [0.4, 0.5) is 17.6 Å². The number of ether oxygens (including phenoxy) is 2. The van der Waals surface area contributed by atoms with Gasteiger partial charge in [0, 0.05) is 47.3 Å². The largest absolute Gasteiger partial charge is 0.574 e. The number of rotatable bonds is 11. The van der Waals surface area contributed by atoms with E-state index < -0.39 is 34.9 Å². The van der Waals surface area contributed by atoms with Gasteiger partial charge in [0.25, 0.3) is 0 Å². The molecule has 0 amide bonds. The van der Waals surface area contributed by atoms with Gasteiger partial charge in [-0.25, -0.2) is 14.4 Å². The zero-order valence-corrected chi connectivity index (χ0v) is 22.7. The first-order chi connectivity index (χ1) is 19.3. The van der Waals surface area contributed by atoms with Crippen molar-refractivity contribution in [3.63, 3.8) is 0 Å². The SMILES string of the molecule is C[C@]1(CNCC2CC2)COc2c1cc([C@@](C)(O)CCC(=O)c1ccnc(OC(F)(F)F)c1)nc2-c1ccc(F)cc1. The lowest BCUT2D eigenvalue weighted by Gasteiger charge is -2.27. The molecule has 1 aliphatic carbocycles. The standard InChI is InChI=1S/C30H31F4N3O4/c1-28(16-35-15-18-3-4-18)17-40-27-22(28)14-24(37-26(27)19-5-7-21(31)8-6-19)29(2,39)11-9-23(38)20-10-12-36-25(13-20)41-30(32,33)34/h5-8,10,12-14,18,35,39H,3-4,9,11,15-17H2,1-2H3/t28-,29-/m0/s1. The van der Waals surface area contributed by atoms with Crippen LogP contribution in [0.2, 0.25) is 0 Å². The van der Waals surface area contributed by atoms with Crippen molar-refractivity contribution in [3.8, 4) is 22.9 Å². The van der Waals surface area contributed by atoms with E-state index in [9.17, 15) is 27.5 Å². The number of halogens is 4. The lowest BCUT2D eigenvalue weighted by molar-refractivity contribution is -0.276. The van der Waals surface area contributed by atoms with Gasteiger partial charge in [-0.15, -0.1) is 13.2 Å². The minimum Gasteiger partial charge on any atom is -0.490 e. The maximum absolute atomic E-state index is 13.7. The monoisotopic (exact) mass is 573 g/mol. The second kappa shape index (κ2) is 11.0. The van der Waals surface area contributed by atoms with Crippen molar-refractivity contribution in [3.05, 3.63) is 71.3 Å². The minimum absolute atomic E-state index is 0.0216. The maximum atomic E-state index is 13.7. The van der Waals surface area contributed by atoms with Gasteiger partial charge >= 0.3 is 6.36 Å². The van der Waals surface area contributed by atoms with Gasteiger partial charge < -0.3 is 19.9 Å². The molecule has 1 aromatic carbocycles. The Morgan fingerprint density at radius 3 is 2.61 bits per heavy atom. The topological polar surface area (TPSA) is 93.6 Å². The third kappa shape index (κ3) is 6.84.